The Morgan fingerprint density at radius 2 is 1.77 bits per heavy atom. The van der Waals surface area contributed by atoms with Gasteiger partial charge in [0.1, 0.15) is 6.42 Å². The number of anilines is 1. The second-order valence-electron chi connectivity index (χ2n) is 7.17. The van der Waals surface area contributed by atoms with E-state index in [1.54, 1.807) is 0 Å². The van der Waals surface area contributed by atoms with Crippen LogP contribution in [0.25, 0.3) is 0 Å². The Morgan fingerprint density at radius 3 is 2.29 bits per heavy atom. The molecule has 0 saturated carbocycles. The van der Waals surface area contributed by atoms with Crippen molar-refractivity contribution >= 4 is 23.8 Å². The molecular formula is C24H29CuN3O3. The number of methoxy groups -OCH3 is 1. The third-order valence-corrected chi connectivity index (χ3v) is 5.14. The Hall–Kier alpha value is -2.89. The summed E-state index contributed by atoms with van der Waals surface area (Å²) in [6.45, 7) is 5.38. The molecule has 0 bridgehead atoms. The molecule has 7 heteroatoms. The molecule has 1 radical (unpaired) electrons. The fourth-order valence-corrected chi connectivity index (χ4v) is 3.83. The van der Waals surface area contributed by atoms with Gasteiger partial charge in [-0.05, 0) is 43.5 Å². The van der Waals surface area contributed by atoms with Gasteiger partial charge < -0.3 is 20.2 Å². The van der Waals surface area contributed by atoms with Crippen LogP contribution in [0.1, 0.15) is 31.4 Å². The summed E-state index contributed by atoms with van der Waals surface area (Å²) in [5, 5.41) is 22.1. The van der Waals surface area contributed by atoms with Crippen LogP contribution in [-0.2, 0) is 38.4 Å². The van der Waals surface area contributed by atoms with E-state index >= 15 is 0 Å². The van der Waals surface area contributed by atoms with Crippen LogP contribution in [0, 0.1) is 10.8 Å². The van der Waals surface area contributed by atoms with Crippen LogP contribution in [0.2, 0.25) is 0 Å². The Kier molecular flexibility index (Phi) is 10.2. The molecule has 0 saturated heterocycles. The first-order chi connectivity index (χ1) is 14.4. The molecular weight excluding hydrogens is 442 g/mol. The number of hydrogen-bond donors (Lipinski definition) is 3. The van der Waals surface area contributed by atoms with Crippen molar-refractivity contribution in [1.82, 2.24) is 0 Å². The molecule has 1 aliphatic rings. The SMILES string of the molecule is CCN1/C(=C\C=N)C(C)(Cc2ccccc2)c2ccccc21.COC(=O)CC(=N)O.[Cu]. The van der Waals surface area contributed by atoms with Gasteiger partial charge in [0, 0.05) is 46.6 Å². The van der Waals surface area contributed by atoms with Crippen molar-refractivity contribution in [3.63, 3.8) is 0 Å². The number of rotatable bonds is 6. The predicted octanol–water partition coefficient (Wildman–Crippen LogP) is 4.64. The zero-order valence-corrected chi connectivity index (χ0v) is 18.9. The minimum atomic E-state index is -0.670. The molecule has 6 nitrogen and oxygen atoms in total. The van der Waals surface area contributed by atoms with E-state index in [1.807, 2.05) is 6.08 Å². The second kappa shape index (κ2) is 12.1. The van der Waals surface area contributed by atoms with Gasteiger partial charge >= 0.3 is 5.97 Å². The number of aliphatic hydroxyl groups excluding tert-OH is 1. The van der Waals surface area contributed by atoms with E-state index in [0.29, 0.717) is 0 Å². The molecule has 0 fully saturated rings. The molecule has 1 atom stereocenters. The zero-order chi connectivity index (χ0) is 22.1. The first-order valence-corrected chi connectivity index (χ1v) is 9.82. The summed E-state index contributed by atoms with van der Waals surface area (Å²) in [4.78, 5) is 12.4. The van der Waals surface area contributed by atoms with Crippen molar-refractivity contribution < 1.29 is 31.7 Å². The molecule has 3 N–H and O–H groups in total. The first kappa shape index (κ1) is 26.1. The van der Waals surface area contributed by atoms with Gasteiger partial charge in [-0.2, -0.15) is 0 Å². The van der Waals surface area contributed by atoms with Gasteiger partial charge in [0.2, 0.25) is 0 Å². The van der Waals surface area contributed by atoms with Crippen LogP contribution in [0.4, 0.5) is 5.69 Å². The normalized spacial score (nSPS) is 17.6. The van der Waals surface area contributed by atoms with Crippen molar-refractivity contribution in [3.05, 3.63) is 77.5 Å². The molecule has 1 heterocycles. The van der Waals surface area contributed by atoms with Crippen LogP contribution in [0.5, 0.6) is 0 Å². The molecule has 3 rings (SSSR count). The van der Waals surface area contributed by atoms with Crippen molar-refractivity contribution in [2.75, 3.05) is 18.6 Å². The number of allylic oxidation sites excluding steroid dienone is 2. The molecule has 0 aromatic heterocycles. The number of benzene rings is 2. The van der Waals surface area contributed by atoms with Gasteiger partial charge in [-0.25, -0.2) is 0 Å². The quantitative estimate of drug-likeness (QED) is 0.248. The van der Waals surface area contributed by atoms with E-state index in [9.17, 15) is 4.79 Å². The number of aliphatic hydroxyl groups is 1. The fourth-order valence-electron chi connectivity index (χ4n) is 3.83. The number of carbonyl (C=O) groups is 1. The van der Waals surface area contributed by atoms with Crippen molar-refractivity contribution in [2.24, 2.45) is 0 Å². The van der Waals surface area contributed by atoms with Crippen LogP contribution < -0.4 is 4.90 Å². The number of nitrogens with one attached hydrogen (secondary N) is 2. The van der Waals surface area contributed by atoms with Gasteiger partial charge in [-0.15, -0.1) is 0 Å². The van der Waals surface area contributed by atoms with Crippen LogP contribution in [-0.4, -0.2) is 36.8 Å². The van der Waals surface area contributed by atoms with Crippen LogP contribution >= 0.6 is 0 Å². The molecule has 2 aromatic rings. The van der Waals surface area contributed by atoms with Gasteiger partial charge in [0.25, 0.3) is 0 Å². The minimum Gasteiger partial charge on any atom is -0.496 e. The van der Waals surface area contributed by atoms with Gasteiger partial charge in [0.15, 0.2) is 5.90 Å². The molecule has 1 aliphatic heterocycles. The molecule has 0 aliphatic carbocycles. The molecule has 2 aromatic carbocycles. The Bertz CT molecular complexity index is 931. The van der Waals surface area contributed by atoms with Crippen molar-refractivity contribution in [2.45, 2.75) is 32.1 Å². The van der Waals surface area contributed by atoms with Crippen LogP contribution in [0.15, 0.2) is 66.4 Å². The van der Waals surface area contributed by atoms with E-state index < -0.39 is 11.9 Å². The topological polar surface area (TPSA) is 97.5 Å². The summed E-state index contributed by atoms with van der Waals surface area (Å²) in [5.41, 5.74) is 5.08. The van der Waals surface area contributed by atoms with Gasteiger partial charge in [-0.3, -0.25) is 10.2 Å². The summed E-state index contributed by atoms with van der Waals surface area (Å²) < 4.78 is 4.12. The number of ether oxygens (including phenoxy) is 1. The summed E-state index contributed by atoms with van der Waals surface area (Å²) in [5.74, 6) is -1.27. The van der Waals surface area contributed by atoms with Crippen molar-refractivity contribution in [1.29, 1.82) is 10.8 Å². The number of esters is 1. The maximum Gasteiger partial charge on any atom is 0.314 e. The van der Waals surface area contributed by atoms with E-state index in [4.69, 9.17) is 15.9 Å². The Labute approximate surface area is 194 Å². The van der Waals surface area contributed by atoms with Gasteiger partial charge in [-0.1, -0.05) is 48.5 Å². The summed E-state index contributed by atoms with van der Waals surface area (Å²) >= 11 is 0. The smallest absolute Gasteiger partial charge is 0.314 e. The number of para-hydroxylation sites is 1. The third kappa shape index (κ3) is 6.29. The standard InChI is InChI=1S/C20H22N2.C4H7NO3.Cu/c1-3-22-18-12-8-7-11-17(18)20(2,19(22)13-14-21)15-16-9-5-4-6-10-16;1-8-4(7)2-3(5)6;/h4-14,21H,3,15H2,1-2H3;2H2,1H3,(H2,5,6);/b19-13-,21-14?;;. The zero-order valence-electron chi connectivity index (χ0n) is 18.0. The number of fused-ring (bicyclic) bond motifs is 1. The van der Waals surface area contributed by atoms with E-state index in [1.165, 1.54) is 35.8 Å². The minimum absolute atomic E-state index is 0. The van der Waals surface area contributed by atoms with E-state index in [2.05, 4.69) is 78.1 Å². The summed E-state index contributed by atoms with van der Waals surface area (Å²) in [7, 11) is 1.20. The summed E-state index contributed by atoms with van der Waals surface area (Å²) in [6.07, 6.45) is 3.97. The maximum atomic E-state index is 10.1. The first-order valence-electron chi connectivity index (χ1n) is 9.82. The molecule has 0 spiro atoms. The molecule has 1 unspecified atom stereocenters. The molecule has 31 heavy (non-hydrogen) atoms. The fraction of sp³-hybridized carbons (Fsp3) is 0.292. The molecule has 169 valence electrons. The maximum absolute atomic E-state index is 10.1. The van der Waals surface area contributed by atoms with Crippen molar-refractivity contribution in [3.8, 4) is 0 Å². The van der Waals surface area contributed by atoms with Gasteiger partial charge in [0.05, 0.1) is 7.11 Å². The average molecular weight is 471 g/mol. The van der Waals surface area contributed by atoms with E-state index in [-0.39, 0.29) is 28.9 Å². The Balaban J connectivity index is 0.000000461. The number of likely N-dealkylation sites (N-methyl/N-ethyl adjacent to an activating group) is 1. The predicted molar refractivity (Wildman–Crippen MR) is 121 cm³/mol. The summed E-state index contributed by atoms with van der Waals surface area (Å²) in [6, 6.07) is 19.2. The number of hydrogen-bond acceptors (Lipinski definition) is 5. The monoisotopic (exact) mass is 470 g/mol. The second-order valence-corrected chi connectivity index (χ2v) is 7.17. The third-order valence-electron chi connectivity index (χ3n) is 5.14. The number of carbonyl (C=O) groups excluding carboxylic acids is 1. The Morgan fingerprint density at radius 1 is 1.16 bits per heavy atom. The van der Waals surface area contributed by atoms with Crippen LogP contribution in [0.3, 0.4) is 0 Å². The largest absolute Gasteiger partial charge is 0.496 e. The average Bonchev–Trinajstić information content (AvgIpc) is 2.97. The molecule has 0 amide bonds. The van der Waals surface area contributed by atoms with E-state index in [0.717, 1.165) is 13.0 Å². The number of nitrogens with zero attached hydrogens (tertiary/aromatic N) is 1.